The summed E-state index contributed by atoms with van der Waals surface area (Å²) in [6.07, 6.45) is 3.57. The van der Waals surface area contributed by atoms with Crippen molar-refractivity contribution in [3.05, 3.63) is 106 Å². The first kappa shape index (κ1) is 21.2. The van der Waals surface area contributed by atoms with Crippen LogP contribution in [0.15, 0.2) is 106 Å². The number of nitrogens with zero attached hydrogens (tertiary/aromatic N) is 2. The maximum atomic E-state index is 13.3. The Bertz CT molecular complexity index is 1160. The highest BCUT2D eigenvalue weighted by atomic mass is 79.9. The van der Waals surface area contributed by atoms with Gasteiger partial charge in [0.15, 0.2) is 5.17 Å². The van der Waals surface area contributed by atoms with E-state index < -0.39 is 0 Å². The summed E-state index contributed by atoms with van der Waals surface area (Å²) in [4.78, 5) is 20.3. The predicted molar refractivity (Wildman–Crippen MR) is 133 cm³/mol. The minimum absolute atomic E-state index is 0.103. The average Bonchev–Trinajstić information content (AvgIpc) is 3.09. The van der Waals surface area contributed by atoms with Crippen LogP contribution in [0.5, 0.6) is 5.75 Å². The normalized spacial score (nSPS) is 16.2. The lowest BCUT2D eigenvalue weighted by atomic mass is 10.2. The number of carbonyl (C=O) groups is 1. The number of hydrogen-bond acceptors (Lipinski definition) is 4. The molecule has 1 amide bonds. The molecule has 6 heteroatoms. The molecule has 0 N–H and O–H groups in total. The maximum Gasteiger partial charge on any atom is 0.271 e. The summed E-state index contributed by atoms with van der Waals surface area (Å²) in [6, 6.07) is 24.9. The molecule has 1 fully saturated rings. The Labute approximate surface area is 194 Å². The number of ether oxygens (including phenoxy) is 1. The van der Waals surface area contributed by atoms with E-state index in [2.05, 4.69) is 22.5 Å². The van der Waals surface area contributed by atoms with Crippen LogP contribution < -0.4 is 9.64 Å². The molecule has 1 aliphatic heterocycles. The van der Waals surface area contributed by atoms with Gasteiger partial charge >= 0.3 is 0 Å². The summed E-state index contributed by atoms with van der Waals surface area (Å²) in [5.74, 6) is 0.624. The van der Waals surface area contributed by atoms with E-state index >= 15 is 0 Å². The minimum Gasteiger partial charge on any atom is -0.488 e. The third-order valence-electron chi connectivity index (χ3n) is 4.41. The quantitative estimate of drug-likeness (QED) is 0.281. The van der Waals surface area contributed by atoms with Gasteiger partial charge in [0.2, 0.25) is 0 Å². The maximum absolute atomic E-state index is 13.3. The molecule has 0 aromatic heterocycles. The topological polar surface area (TPSA) is 41.9 Å². The van der Waals surface area contributed by atoms with Gasteiger partial charge in [-0.3, -0.25) is 9.69 Å². The van der Waals surface area contributed by atoms with Gasteiger partial charge in [0.1, 0.15) is 12.4 Å². The van der Waals surface area contributed by atoms with Crippen LogP contribution in [0.2, 0.25) is 0 Å². The Balaban J connectivity index is 1.69. The minimum atomic E-state index is -0.103. The zero-order chi connectivity index (χ0) is 21.6. The molecule has 154 valence electrons. The number of aliphatic imine (C=N–C) groups is 1. The molecule has 3 aromatic rings. The van der Waals surface area contributed by atoms with Gasteiger partial charge in [0.05, 0.1) is 20.8 Å². The van der Waals surface area contributed by atoms with Crippen LogP contribution in [-0.4, -0.2) is 17.7 Å². The standard InChI is InChI=1S/C25H19BrN2O2S/c1-2-15-30-22-14-13-18(16-21(22)26)17-23-24(29)28(20-11-7-4-8-12-20)25(31-23)27-19-9-5-3-6-10-19/h2-14,16-17H,1,15H2/b23-17+,27-25?. The lowest BCUT2D eigenvalue weighted by Gasteiger charge is -2.15. The predicted octanol–water partition coefficient (Wildman–Crippen LogP) is 6.82. The Morgan fingerprint density at radius 2 is 1.74 bits per heavy atom. The third-order valence-corrected chi connectivity index (χ3v) is 6.00. The summed E-state index contributed by atoms with van der Waals surface area (Å²) >= 11 is 4.90. The van der Waals surface area contributed by atoms with Crippen molar-refractivity contribution in [1.82, 2.24) is 0 Å². The molecule has 1 heterocycles. The van der Waals surface area contributed by atoms with Crippen LogP contribution in [0, 0.1) is 0 Å². The van der Waals surface area contributed by atoms with Gasteiger partial charge in [-0.25, -0.2) is 4.99 Å². The van der Waals surface area contributed by atoms with Crippen molar-refractivity contribution in [1.29, 1.82) is 0 Å². The van der Waals surface area contributed by atoms with Crippen LogP contribution >= 0.6 is 27.7 Å². The zero-order valence-electron chi connectivity index (χ0n) is 16.6. The average molecular weight is 491 g/mol. The number of hydrogen-bond donors (Lipinski definition) is 0. The van der Waals surface area contributed by atoms with Gasteiger partial charge in [-0.05, 0) is 75.7 Å². The molecule has 31 heavy (non-hydrogen) atoms. The summed E-state index contributed by atoms with van der Waals surface area (Å²) in [5.41, 5.74) is 2.47. The summed E-state index contributed by atoms with van der Waals surface area (Å²) in [7, 11) is 0. The summed E-state index contributed by atoms with van der Waals surface area (Å²) in [5, 5.41) is 0.624. The van der Waals surface area contributed by atoms with Crippen LogP contribution in [0.1, 0.15) is 5.56 Å². The number of amides is 1. The third kappa shape index (κ3) is 4.98. The number of para-hydroxylation sites is 2. The van der Waals surface area contributed by atoms with E-state index in [0.29, 0.717) is 16.7 Å². The highest BCUT2D eigenvalue weighted by Gasteiger charge is 2.34. The number of thioether (sulfide) groups is 1. The molecule has 0 aliphatic carbocycles. The van der Waals surface area contributed by atoms with E-state index in [1.54, 1.807) is 11.0 Å². The molecular weight excluding hydrogens is 472 g/mol. The van der Waals surface area contributed by atoms with Crippen molar-refractivity contribution in [2.45, 2.75) is 0 Å². The molecule has 0 saturated carbocycles. The molecular formula is C25H19BrN2O2S. The fourth-order valence-corrected chi connectivity index (χ4v) is 4.50. The molecule has 0 unspecified atom stereocenters. The molecule has 4 nitrogen and oxygen atoms in total. The van der Waals surface area contributed by atoms with E-state index in [1.165, 1.54) is 11.8 Å². The van der Waals surface area contributed by atoms with Crippen LogP contribution in [0.3, 0.4) is 0 Å². The Morgan fingerprint density at radius 3 is 2.42 bits per heavy atom. The first-order valence-electron chi connectivity index (χ1n) is 9.62. The molecule has 4 rings (SSSR count). The molecule has 0 radical (unpaired) electrons. The molecule has 0 atom stereocenters. The molecule has 0 spiro atoms. The van der Waals surface area contributed by atoms with Crippen molar-refractivity contribution in [3.8, 4) is 5.75 Å². The van der Waals surface area contributed by atoms with E-state index in [9.17, 15) is 4.79 Å². The zero-order valence-corrected chi connectivity index (χ0v) is 19.0. The number of rotatable bonds is 6. The van der Waals surface area contributed by atoms with Crippen molar-refractivity contribution in [3.63, 3.8) is 0 Å². The molecule has 0 bridgehead atoms. The fourth-order valence-electron chi connectivity index (χ4n) is 2.99. The van der Waals surface area contributed by atoms with Crippen LogP contribution in [-0.2, 0) is 4.79 Å². The van der Waals surface area contributed by atoms with Gasteiger partial charge in [0.25, 0.3) is 5.91 Å². The van der Waals surface area contributed by atoms with E-state index in [-0.39, 0.29) is 5.91 Å². The van der Waals surface area contributed by atoms with Crippen molar-refractivity contribution in [2.24, 2.45) is 4.99 Å². The monoisotopic (exact) mass is 490 g/mol. The second-order valence-electron chi connectivity index (χ2n) is 6.61. The smallest absolute Gasteiger partial charge is 0.271 e. The number of benzene rings is 3. The van der Waals surface area contributed by atoms with Gasteiger partial charge < -0.3 is 4.74 Å². The van der Waals surface area contributed by atoms with Gasteiger partial charge in [-0.2, -0.15) is 0 Å². The van der Waals surface area contributed by atoms with Crippen LogP contribution in [0.25, 0.3) is 6.08 Å². The summed E-state index contributed by atoms with van der Waals surface area (Å²) in [6.45, 7) is 4.09. The fraction of sp³-hybridized carbons (Fsp3) is 0.0400. The van der Waals surface area contributed by atoms with E-state index in [1.807, 2.05) is 84.9 Å². The second-order valence-corrected chi connectivity index (χ2v) is 8.47. The lowest BCUT2D eigenvalue weighted by molar-refractivity contribution is -0.113. The first-order valence-corrected chi connectivity index (χ1v) is 11.2. The lowest BCUT2D eigenvalue weighted by Crippen LogP contribution is -2.28. The van der Waals surface area contributed by atoms with Gasteiger partial charge in [-0.15, -0.1) is 0 Å². The SMILES string of the molecule is C=CCOc1ccc(/C=C2/SC(=Nc3ccccc3)N(c3ccccc3)C2=O)cc1Br. The molecule has 1 aliphatic rings. The van der Waals surface area contributed by atoms with E-state index in [4.69, 9.17) is 9.73 Å². The Hall–Kier alpha value is -3.09. The van der Waals surface area contributed by atoms with Gasteiger partial charge in [0, 0.05) is 0 Å². The highest BCUT2D eigenvalue weighted by molar-refractivity contribution is 9.10. The number of anilines is 1. The van der Waals surface area contributed by atoms with E-state index in [0.717, 1.165) is 27.2 Å². The molecule has 3 aromatic carbocycles. The Morgan fingerprint density at radius 1 is 1.03 bits per heavy atom. The Kier molecular flexibility index (Phi) is 6.70. The summed E-state index contributed by atoms with van der Waals surface area (Å²) < 4.78 is 6.42. The largest absolute Gasteiger partial charge is 0.488 e. The number of amidine groups is 1. The van der Waals surface area contributed by atoms with Gasteiger partial charge in [-0.1, -0.05) is 55.1 Å². The first-order chi connectivity index (χ1) is 15.2. The molecule has 1 saturated heterocycles. The van der Waals surface area contributed by atoms with Crippen molar-refractivity contribution in [2.75, 3.05) is 11.5 Å². The highest BCUT2D eigenvalue weighted by Crippen LogP contribution is 2.38. The number of carbonyl (C=O) groups excluding carboxylic acids is 1. The van der Waals surface area contributed by atoms with Crippen molar-refractivity contribution < 1.29 is 9.53 Å². The number of halogens is 1. The van der Waals surface area contributed by atoms with Crippen LogP contribution in [0.4, 0.5) is 11.4 Å². The second kappa shape index (κ2) is 9.81. The van der Waals surface area contributed by atoms with Crippen molar-refractivity contribution >= 4 is 56.2 Å².